The molecule has 0 amide bonds. The lowest BCUT2D eigenvalue weighted by molar-refractivity contribution is 0.399. The van der Waals surface area contributed by atoms with Gasteiger partial charge in [0.25, 0.3) is 0 Å². The topological polar surface area (TPSA) is 34.2 Å². The van der Waals surface area contributed by atoms with E-state index in [1.807, 2.05) is 37.5 Å². The minimum absolute atomic E-state index is 0.639. The van der Waals surface area contributed by atoms with Gasteiger partial charge in [0.05, 0.1) is 7.11 Å². The van der Waals surface area contributed by atoms with Crippen molar-refractivity contribution >= 4 is 16.5 Å². The average Bonchev–Trinajstić information content (AvgIpc) is 2.27. The molecule has 3 nitrogen and oxygen atoms in total. The molecule has 0 aliphatic carbocycles. The molecule has 1 heterocycles. The Hall–Kier alpha value is -1.77. The van der Waals surface area contributed by atoms with Crippen molar-refractivity contribution in [2.45, 2.75) is 0 Å². The normalized spacial score (nSPS) is 10.1. The summed E-state index contributed by atoms with van der Waals surface area (Å²) in [6.07, 6.45) is 1.81. The Morgan fingerprint density at radius 1 is 1.36 bits per heavy atom. The van der Waals surface area contributed by atoms with Gasteiger partial charge in [0.1, 0.15) is 0 Å². The van der Waals surface area contributed by atoms with Crippen LogP contribution < -0.4 is 10.1 Å². The number of pyridine rings is 1. The van der Waals surface area contributed by atoms with Crippen molar-refractivity contribution in [3.63, 3.8) is 0 Å². The Balaban J connectivity index is 2.70. The summed E-state index contributed by atoms with van der Waals surface area (Å²) in [5.41, 5.74) is 1.09. The van der Waals surface area contributed by atoms with Crippen LogP contribution in [0.3, 0.4) is 0 Å². The number of aromatic nitrogens is 1. The van der Waals surface area contributed by atoms with Gasteiger partial charge >= 0.3 is 0 Å². The van der Waals surface area contributed by atoms with Crippen molar-refractivity contribution in [1.29, 1.82) is 0 Å². The van der Waals surface area contributed by atoms with E-state index in [0.29, 0.717) is 5.88 Å². The number of fused-ring (bicyclic) bond motifs is 1. The van der Waals surface area contributed by atoms with Gasteiger partial charge in [-0.25, -0.2) is 4.98 Å². The van der Waals surface area contributed by atoms with Crippen molar-refractivity contribution in [2.24, 2.45) is 0 Å². The quantitative estimate of drug-likeness (QED) is 0.785. The molecule has 2 rings (SSSR count). The van der Waals surface area contributed by atoms with E-state index < -0.39 is 0 Å². The molecule has 1 aromatic carbocycles. The summed E-state index contributed by atoms with van der Waals surface area (Å²) in [4.78, 5) is 4.15. The van der Waals surface area contributed by atoms with Crippen LogP contribution in [0.1, 0.15) is 0 Å². The van der Waals surface area contributed by atoms with Crippen LogP contribution in [0.15, 0.2) is 30.5 Å². The molecule has 0 aliphatic heterocycles. The summed E-state index contributed by atoms with van der Waals surface area (Å²) in [7, 11) is 3.53. The fraction of sp³-hybridized carbons (Fsp3) is 0.182. The lowest BCUT2D eigenvalue weighted by Crippen LogP contribution is -1.91. The van der Waals surface area contributed by atoms with Crippen LogP contribution in [0, 0.1) is 0 Å². The molecule has 0 saturated carbocycles. The molecule has 0 aliphatic rings. The summed E-state index contributed by atoms with van der Waals surface area (Å²) in [6.45, 7) is 0. The molecule has 0 spiro atoms. The van der Waals surface area contributed by atoms with Crippen molar-refractivity contribution in [3.05, 3.63) is 30.5 Å². The molecule has 0 fully saturated rings. The van der Waals surface area contributed by atoms with E-state index in [-0.39, 0.29) is 0 Å². The molecular formula is C11H12N2O. The summed E-state index contributed by atoms with van der Waals surface area (Å²) < 4.78 is 5.08. The van der Waals surface area contributed by atoms with Crippen LogP contribution in [0.4, 0.5) is 5.69 Å². The second-order valence-electron chi connectivity index (χ2n) is 3.00. The van der Waals surface area contributed by atoms with Gasteiger partial charge in [0.15, 0.2) is 0 Å². The molecule has 0 bridgehead atoms. The average molecular weight is 188 g/mol. The Kier molecular flexibility index (Phi) is 2.23. The minimum Gasteiger partial charge on any atom is -0.481 e. The molecular weight excluding hydrogens is 176 g/mol. The smallest absolute Gasteiger partial charge is 0.213 e. The first-order valence-corrected chi connectivity index (χ1v) is 4.45. The zero-order chi connectivity index (χ0) is 9.97. The SMILES string of the molecule is CNc1cccc2cnc(OC)cc12. The third-order valence-corrected chi connectivity index (χ3v) is 2.22. The van der Waals surface area contributed by atoms with Gasteiger partial charge in [0, 0.05) is 35.8 Å². The van der Waals surface area contributed by atoms with Gasteiger partial charge in [-0.05, 0) is 6.07 Å². The molecule has 0 atom stereocenters. The summed E-state index contributed by atoms with van der Waals surface area (Å²) in [5, 5.41) is 5.37. The van der Waals surface area contributed by atoms with Crippen molar-refractivity contribution < 1.29 is 4.74 Å². The third-order valence-electron chi connectivity index (χ3n) is 2.22. The lowest BCUT2D eigenvalue weighted by Gasteiger charge is -2.06. The van der Waals surface area contributed by atoms with E-state index in [4.69, 9.17) is 4.74 Å². The predicted octanol–water partition coefficient (Wildman–Crippen LogP) is 2.29. The van der Waals surface area contributed by atoms with Crippen LogP contribution in [-0.4, -0.2) is 19.1 Å². The zero-order valence-corrected chi connectivity index (χ0v) is 8.24. The highest BCUT2D eigenvalue weighted by atomic mass is 16.5. The number of hydrogen-bond donors (Lipinski definition) is 1. The zero-order valence-electron chi connectivity index (χ0n) is 8.24. The van der Waals surface area contributed by atoms with E-state index in [0.717, 1.165) is 16.5 Å². The Labute approximate surface area is 82.7 Å². The summed E-state index contributed by atoms with van der Waals surface area (Å²) >= 11 is 0. The molecule has 0 saturated heterocycles. The van der Waals surface area contributed by atoms with Gasteiger partial charge in [-0.1, -0.05) is 12.1 Å². The maximum atomic E-state index is 5.08. The molecule has 72 valence electrons. The van der Waals surface area contributed by atoms with Gasteiger partial charge in [0.2, 0.25) is 5.88 Å². The Morgan fingerprint density at radius 2 is 2.21 bits per heavy atom. The van der Waals surface area contributed by atoms with E-state index >= 15 is 0 Å². The standard InChI is InChI=1S/C11H12N2O/c1-12-10-5-3-4-8-7-13-11(14-2)6-9(8)10/h3-7,12H,1-2H3. The summed E-state index contributed by atoms with van der Waals surface area (Å²) in [6, 6.07) is 7.99. The van der Waals surface area contributed by atoms with Gasteiger partial charge < -0.3 is 10.1 Å². The van der Waals surface area contributed by atoms with Gasteiger partial charge in [-0.15, -0.1) is 0 Å². The van der Waals surface area contributed by atoms with Crippen molar-refractivity contribution in [2.75, 3.05) is 19.5 Å². The number of benzene rings is 1. The number of hydrogen-bond acceptors (Lipinski definition) is 3. The maximum absolute atomic E-state index is 5.08. The molecule has 2 aromatic rings. The van der Waals surface area contributed by atoms with Gasteiger partial charge in [-0.2, -0.15) is 0 Å². The van der Waals surface area contributed by atoms with Crippen LogP contribution in [-0.2, 0) is 0 Å². The fourth-order valence-electron chi connectivity index (χ4n) is 1.48. The Morgan fingerprint density at radius 3 is 2.93 bits per heavy atom. The predicted molar refractivity (Wildman–Crippen MR) is 57.8 cm³/mol. The van der Waals surface area contributed by atoms with Gasteiger partial charge in [-0.3, -0.25) is 0 Å². The third kappa shape index (κ3) is 1.37. The summed E-state index contributed by atoms with van der Waals surface area (Å²) in [5.74, 6) is 0.639. The fourth-order valence-corrected chi connectivity index (χ4v) is 1.48. The minimum atomic E-state index is 0.639. The van der Waals surface area contributed by atoms with E-state index in [1.165, 1.54) is 0 Å². The molecule has 1 aromatic heterocycles. The monoisotopic (exact) mass is 188 g/mol. The van der Waals surface area contributed by atoms with E-state index in [1.54, 1.807) is 7.11 Å². The number of nitrogens with zero attached hydrogens (tertiary/aromatic N) is 1. The van der Waals surface area contributed by atoms with Crippen molar-refractivity contribution in [3.8, 4) is 5.88 Å². The van der Waals surface area contributed by atoms with Crippen LogP contribution in [0.2, 0.25) is 0 Å². The van der Waals surface area contributed by atoms with Crippen LogP contribution in [0.25, 0.3) is 10.8 Å². The number of ether oxygens (including phenoxy) is 1. The first kappa shape index (κ1) is 8.81. The number of methoxy groups -OCH3 is 1. The highest BCUT2D eigenvalue weighted by Gasteiger charge is 2.01. The Bertz CT molecular complexity index is 454. The number of rotatable bonds is 2. The highest BCUT2D eigenvalue weighted by Crippen LogP contribution is 2.24. The first-order chi connectivity index (χ1) is 6.85. The van der Waals surface area contributed by atoms with Crippen LogP contribution >= 0.6 is 0 Å². The molecule has 0 radical (unpaired) electrons. The molecule has 1 N–H and O–H groups in total. The lowest BCUT2D eigenvalue weighted by atomic mass is 10.1. The molecule has 3 heteroatoms. The molecule has 14 heavy (non-hydrogen) atoms. The second kappa shape index (κ2) is 3.54. The van der Waals surface area contributed by atoms with E-state index in [2.05, 4.69) is 10.3 Å². The maximum Gasteiger partial charge on any atom is 0.213 e. The van der Waals surface area contributed by atoms with Crippen LogP contribution in [0.5, 0.6) is 5.88 Å². The van der Waals surface area contributed by atoms with E-state index in [9.17, 15) is 0 Å². The molecule has 0 unspecified atom stereocenters. The largest absolute Gasteiger partial charge is 0.481 e. The highest BCUT2D eigenvalue weighted by molar-refractivity contribution is 5.93. The van der Waals surface area contributed by atoms with Crippen molar-refractivity contribution in [1.82, 2.24) is 4.98 Å². The second-order valence-corrected chi connectivity index (χ2v) is 3.00. The number of anilines is 1. The first-order valence-electron chi connectivity index (χ1n) is 4.45. The number of nitrogens with one attached hydrogen (secondary N) is 1.